The number of aryl methyl sites for hydroxylation is 1. The second kappa shape index (κ2) is 10.4. The maximum absolute atomic E-state index is 6.46. The van der Waals surface area contributed by atoms with Crippen LogP contribution in [0.25, 0.3) is 11.3 Å². The summed E-state index contributed by atoms with van der Waals surface area (Å²) in [5.41, 5.74) is 3.07. The lowest BCUT2D eigenvalue weighted by Gasteiger charge is -2.29. The highest BCUT2D eigenvalue weighted by Crippen LogP contribution is 2.41. The topological polar surface area (TPSA) is 53.8 Å². The molecule has 2 atom stereocenters. The summed E-state index contributed by atoms with van der Waals surface area (Å²) < 4.78 is 11.9. The molecule has 34 heavy (non-hydrogen) atoms. The van der Waals surface area contributed by atoms with Gasteiger partial charge in [-0.25, -0.2) is 0 Å². The Kier molecular flexibility index (Phi) is 7.15. The highest BCUT2D eigenvalue weighted by Gasteiger charge is 2.41. The number of benzene rings is 1. The average molecular weight is 497 g/mol. The third kappa shape index (κ3) is 4.98. The van der Waals surface area contributed by atoms with Gasteiger partial charge in [0.15, 0.2) is 5.11 Å². The van der Waals surface area contributed by atoms with Crippen LogP contribution in [-0.2, 0) is 4.74 Å². The fourth-order valence-electron chi connectivity index (χ4n) is 4.76. The number of pyridine rings is 1. The molecular formula is C26H29ClN4O2S. The summed E-state index contributed by atoms with van der Waals surface area (Å²) in [7, 11) is 0. The molecule has 6 nitrogen and oxygen atoms in total. The van der Waals surface area contributed by atoms with E-state index < -0.39 is 0 Å². The van der Waals surface area contributed by atoms with Crippen molar-refractivity contribution in [2.45, 2.75) is 25.4 Å². The Bertz CT molecular complexity index is 1130. The Morgan fingerprint density at radius 2 is 1.97 bits per heavy atom. The van der Waals surface area contributed by atoms with Gasteiger partial charge in [0, 0.05) is 43.0 Å². The molecule has 2 aromatic heterocycles. The summed E-state index contributed by atoms with van der Waals surface area (Å²) >= 11 is 12.1. The summed E-state index contributed by atoms with van der Waals surface area (Å²) in [5, 5.41) is 4.94. The quantitative estimate of drug-likeness (QED) is 0.462. The SMILES string of the molecule is Cc1ccc(Cl)cc1-c1ccc([C@H]2[C@H](c3ccccn3)NC(=S)N2CCCN2CCOCC2)o1. The first-order chi connectivity index (χ1) is 16.6. The van der Waals surface area contributed by atoms with E-state index in [0.717, 1.165) is 79.3 Å². The van der Waals surface area contributed by atoms with Crippen molar-refractivity contribution in [2.24, 2.45) is 0 Å². The van der Waals surface area contributed by atoms with Crippen molar-refractivity contribution in [1.29, 1.82) is 0 Å². The molecule has 0 amide bonds. The van der Waals surface area contributed by atoms with Crippen molar-refractivity contribution >= 4 is 28.9 Å². The summed E-state index contributed by atoms with van der Waals surface area (Å²) in [6, 6.07) is 15.8. The lowest BCUT2D eigenvalue weighted by molar-refractivity contribution is 0.0365. The molecule has 0 aliphatic carbocycles. The molecule has 1 N–H and O–H groups in total. The molecule has 1 aromatic carbocycles. The molecule has 2 saturated heterocycles. The van der Waals surface area contributed by atoms with Crippen molar-refractivity contribution in [2.75, 3.05) is 39.4 Å². The second-order valence-electron chi connectivity index (χ2n) is 8.79. The van der Waals surface area contributed by atoms with E-state index in [2.05, 4.69) is 33.1 Å². The van der Waals surface area contributed by atoms with Gasteiger partial charge in [-0.2, -0.15) is 0 Å². The molecule has 0 saturated carbocycles. The third-order valence-corrected chi connectivity index (χ3v) is 7.15. The number of ether oxygens (including phenoxy) is 1. The third-order valence-electron chi connectivity index (χ3n) is 6.56. The van der Waals surface area contributed by atoms with Gasteiger partial charge in [0.25, 0.3) is 0 Å². The number of nitrogens with zero attached hydrogens (tertiary/aromatic N) is 3. The summed E-state index contributed by atoms with van der Waals surface area (Å²) in [5.74, 6) is 1.67. The smallest absolute Gasteiger partial charge is 0.170 e. The minimum atomic E-state index is -0.0865. The zero-order valence-corrected chi connectivity index (χ0v) is 20.8. The molecular weight excluding hydrogens is 468 g/mol. The van der Waals surface area contributed by atoms with Crippen LogP contribution in [0, 0.1) is 6.92 Å². The van der Waals surface area contributed by atoms with Crippen LogP contribution in [0.3, 0.4) is 0 Å². The van der Waals surface area contributed by atoms with Gasteiger partial charge < -0.3 is 19.4 Å². The first kappa shape index (κ1) is 23.3. The minimum Gasteiger partial charge on any atom is -0.459 e. The number of morpholine rings is 1. The van der Waals surface area contributed by atoms with E-state index in [0.29, 0.717) is 5.02 Å². The molecule has 0 unspecified atom stereocenters. The van der Waals surface area contributed by atoms with Crippen LogP contribution in [0.5, 0.6) is 0 Å². The van der Waals surface area contributed by atoms with E-state index in [9.17, 15) is 0 Å². The molecule has 0 bridgehead atoms. The summed E-state index contributed by atoms with van der Waals surface area (Å²) in [6.07, 6.45) is 2.83. The van der Waals surface area contributed by atoms with Gasteiger partial charge in [-0.05, 0) is 67.5 Å². The Morgan fingerprint density at radius 1 is 1.12 bits per heavy atom. The molecule has 8 heteroatoms. The molecule has 2 fully saturated rings. The van der Waals surface area contributed by atoms with Gasteiger partial charge in [-0.15, -0.1) is 0 Å². The van der Waals surface area contributed by atoms with Crippen molar-refractivity contribution in [3.8, 4) is 11.3 Å². The first-order valence-corrected chi connectivity index (χ1v) is 12.5. The fraction of sp³-hybridized carbons (Fsp3) is 0.385. The van der Waals surface area contributed by atoms with Gasteiger partial charge in [0.2, 0.25) is 0 Å². The van der Waals surface area contributed by atoms with Crippen molar-refractivity contribution in [1.82, 2.24) is 20.1 Å². The normalized spacial score (nSPS) is 21.1. The van der Waals surface area contributed by atoms with Crippen LogP contribution in [0.4, 0.5) is 0 Å². The van der Waals surface area contributed by atoms with Crippen molar-refractivity contribution in [3.05, 3.63) is 76.8 Å². The first-order valence-electron chi connectivity index (χ1n) is 11.7. The van der Waals surface area contributed by atoms with E-state index >= 15 is 0 Å². The van der Waals surface area contributed by atoms with Gasteiger partial charge in [-0.3, -0.25) is 9.88 Å². The van der Waals surface area contributed by atoms with Crippen LogP contribution in [0.2, 0.25) is 5.02 Å². The number of hydrogen-bond acceptors (Lipinski definition) is 5. The molecule has 2 aliphatic rings. The Labute approximate surface area is 210 Å². The van der Waals surface area contributed by atoms with Gasteiger partial charge >= 0.3 is 0 Å². The minimum absolute atomic E-state index is 0.0830. The Morgan fingerprint density at radius 3 is 2.76 bits per heavy atom. The molecule has 3 aromatic rings. The standard InChI is InChI=1S/C26H29ClN4O2S/c1-18-6-7-19(27)17-20(18)22-8-9-23(33-22)25-24(21-5-2-3-10-28-21)29-26(34)31(25)12-4-11-30-13-15-32-16-14-30/h2-3,5-10,17,24-25H,4,11-16H2,1H3,(H,29,34)/t24-,25-/m0/s1. The average Bonchev–Trinajstić information content (AvgIpc) is 3.47. The van der Waals surface area contributed by atoms with Crippen LogP contribution < -0.4 is 5.32 Å². The maximum Gasteiger partial charge on any atom is 0.170 e. The monoisotopic (exact) mass is 496 g/mol. The van der Waals surface area contributed by atoms with Crippen LogP contribution in [-0.4, -0.2) is 59.3 Å². The van der Waals surface area contributed by atoms with Crippen LogP contribution >= 0.6 is 23.8 Å². The number of halogens is 1. The highest BCUT2D eigenvalue weighted by molar-refractivity contribution is 7.80. The lowest BCUT2D eigenvalue weighted by atomic mass is 10.0. The van der Waals surface area contributed by atoms with Gasteiger partial charge in [0.05, 0.1) is 24.9 Å². The maximum atomic E-state index is 6.46. The lowest BCUT2D eigenvalue weighted by Crippen LogP contribution is -2.38. The number of thiocarbonyl (C=S) groups is 1. The molecule has 4 heterocycles. The number of aromatic nitrogens is 1. The summed E-state index contributed by atoms with van der Waals surface area (Å²) in [6.45, 7) is 7.53. The van der Waals surface area contributed by atoms with E-state index in [4.69, 9.17) is 33.0 Å². The second-order valence-corrected chi connectivity index (χ2v) is 9.61. The molecule has 0 spiro atoms. The molecule has 178 valence electrons. The van der Waals surface area contributed by atoms with E-state index in [1.165, 1.54) is 0 Å². The van der Waals surface area contributed by atoms with Crippen molar-refractivity contribution in [3.63, 3.8) is 0 Å². The molecule has 5 rings (SSSR count). The van der Waals surface area contributed by atoms with Crippen LogP contribution in [0.15, 0.2) is 59.1 Å². The Balaban J connectivity index is 1.41. The summed E-state index contributed by atoms with van der Waals surface area (Å²) in [4.78, 5) is 9.32. The predicted octanol–water partition coefficient (Wildman–Crippen LogP) is 5.00. The molecule has 2 aliphatic heterocycles. The van der Waals surface area contributed by atoms with Crippen LogP contribution in [0.1, 0.15) is 35.5 Å². The highest BCUT2D eigenvalue weighted by atomic mass is 35.5. The zero-order valence-electron chi connectivity index (χ0n) is 19.2. The predicted molar refractivity (Wildman–Crippen MR) is 138 cm³/mol. The molecule has 0 radical (unpaired) electrons. The largest absolute Gasteiger partial charge is 0.459 e. The van der Waals surface area contributed by atoms with Crippen molar-refractivity contribution < 1.29 is 9.15 Å². The van der Waals surface area contributed by atoms with Gasteiger partial charge in [0.1, 0.15) is 17.6 Å². The number of furan rings is 1. The number of rotatable bonds is 7. The zero-order chi connectivity index (χ0) is 23.5. The van der Waals surface area contributed by atoms with E-state index in [-0.39, 0.29) is 12.1 Å². The fourth-order valence-corrected chi connectivity index (χ4v) is 5.26. The van der Waals surface area contributed by atoms with Gasteiger partial charge in [-0.1, -0.05) is 23.7 Å². The number of nitrogens with one attached hydrogen (secondary N) is 1. The van der Waals surface area contributed by atoms with E-state index in [1.807, 2.05) is 48.7 Å². The number of hydrogen-bond donors (Lipinski definition) is 1. The Hall–Kier alpha value is -2.45. The van der Waals surface area contributed by atoms with E-state index in [1.54, 1.807) is 0 Å².